The van der Waals surface area contributed by atoms with Gasteiger partial charge in [-0.05, 0) is 62.5 Å². The van der Waals surface area contributed by atoms with Crippen molar-refractivity contribution in [3.05, 3.63) is 47.9 Å². The van der Waals surface area contributed by atoms with E-state index in [2.05, 4.69) is 10.2 Å². The van der Waals surface area contributed by atoms with Gasteiger partial charge < -0.3 is 14.5 Å². The Morgan fingerprint density at radius 3 is 2.80 bits per heavy atom. The molecular weight excluding hydrogens is 336 g/mol. The van der Waals surface area contributed by atoms with Crippen LogP contribution in [0.5, 0.6) is 5.75 Å². The zero-order chi connectivity index (χ0) is 17.6. The van der Waals surface area contributed by atoms with Gasteiger partial charge in [0.05, 0.1) is 25.0 Å². The molecule has 0 bridgehead atoms. The summed E-state index contributed by atoms with van der Waals surface area (Å²) in [6.07, 6.45) is 6.06. The number of likely N-dealkylation sites (tertiary alicyclic amines) is 1. The van der Waals surface area contributed by atoms with E-state index in [9.17, 15) is 4.79 Å². The van der Waals surface area contributed by atoms with Crippen molar-refractivity contribution in [1.82, 2.24) is 10.2 Å². The van der Waals surface area contributed by atoms with Gasteiger partial charge in [0.1, 0.15) is 11.5 Å². The number of carbonyl (C=O) groups is 1. The first kappa shape index (κ1) is 17.9. The standard InChI is InChI=1S/C19H24N2O3S/c1-23-18-12-14(25-2)7-8-15(18)19(22)20-13-16(17-6-5-11-24-17)21-9-3-4-10-21/h5-8,11-12,16H,3-4,9-10,13H2,1-2H3,(H,20,22)/t16-/m1/s1. The number of nitrogens with zero attached hydrogens (tertiary/aromatic N) is 1. The lowest BCUT2D eigenvalue weighted by Crippen LogP contribution is -2.36. The highest BCUT2D eigenvalue weighted by atomic mass is 32.2. The smallest absolute Gasteiger partial charge is 0.255 e. The molecule has 1 aromatic heterocycles. The summed E-state index contributed by atoms with van der Waals surface area (Å²) in [6, 6.07) is 9.58. The van der Waals surface area contributed by atoms with E-state index in [-0.39, 0.29) is 11.9 Å². The fourth-order valence-electron chi connectivity index (χ4n) is 3.21. The minimum atomic E-state index is -0.125. The summed E-state index contributed by atoms with van der Waals surface area (Å²) in [4.78, 5) is 16.1. The lowest BCUT2D eigenvalue weighted by atomic mass is 10.1. The summed E-state index contributed by atoms with van der Waals surface area (Å²) in [6.45, 7) is 2.58. The van der Waals surface area contributed by atoms with Gasteiger partial charge in [-0.25, -0.2) is 0 Å². The Labute approximate surface area is 152 Å². The molecule has 0 unspecified atom stereocenters. The number of rotatable bonds is 7. The molecule has 2 heterocycles. The van der Waals surface area contributed by atoms with Crippen molar-refractivity contribution in [2.45, 2.75) is 23.8 Å². The quantitative estimate of drug-likeness (QED) is 0.765. The third kappa shape index (κ3) is 4.19. The van der Waals surface area contributed by atoms with Crippen molar-refractivity contribution in [3.63, 3.8) is 0 Å². The summed E-state index contributed by atoms with van der Waals surface area (Å²) in [5, 5.41) is 3.05. The predicted molar refractivity (Wildman–Crippen MR) is 99.4 cm³/mol. The third-order valence-electron chi connectivity index (χ3n) is 4.56. The number of thioether (sulfide) groups is 1. The van der Waals surface area contributed by atoms with Crippen LogP contribution in [-0.2, 0) is 0 Å². The highest BCUT2D eigenvalue weighted by molar-refractivity contribution is 7.98. The number of hydrogen-bond donors (Lipinski definition) is 1. The van der Waals surface area contributed by atoms with E-state index in [1.807, 2.05) is 36.6 Å². The van der Waals surface area contributed by atoms with Gasteiger partial charge in [-0.2, -0.15) is 0 Å². The van der Waals surface area contributed by atoms with E-state index in [4.69, 9.17) is 9.15 Å². The summed E-state index contributed by atoms with van der Waals surface area (Å²) in [5.74, 6) is 1.37. The minimum Gasteiger partial charge on any atom is -0.496 e. The van der Waals surface area contributed by atoms with Crippen LogP contribution in [0.15, 0.2) is 45.9 Å². The molecule has 0 saturated carbocycles. The van der Waals surface area contributed by atoms with Crippen LogP contribution in [0.4, 0.5) is 0 Å². The number of benzene rings is 1. The Bertz CT molecular complexity index is 697. The van der Waals surface area contributed by atoms with Gasteiger partial charge in [0.25, 0.3) is 5.91 Å². The largest absolute Gasteiger partial charge is 0.496 e. The van der Waals surface area contributed by atoms with Crippen LogP contribution >= 0.6 is 11.8 Å². The third-order valence-corrected chi connectivity index (χ3v) is 5.29. The molecule has 0 spiro atoms. The SMILES string of the molecule is COc1cc(SC)ccc1C(=O)NC[C@H](c1ccco1)N1CCCC1. The van der Waals surface area contributed by atoms with E-state index in [1.54, 1.807) is 25.1 Å². The van der Waals surface area contributed by atoms with Crippen LogP contribution in [0.1, 0.15) is 35.0 Å². The van der Waals surface area contributed by atoms with E-state index in [0.29, 0.717) is 17.9 Å². The van der Waals surface area contributed by atoms with Crippen LogP contribution in [0.25, 0.3) is 0 Å². The van der Waals surface area contributed by atoms with Crippen LogP contribution in [0.3, 0.4) is 0 Å². The van der Waals surface area contributed by atoms with E-state index in [0.717, 1.165) is 23.7 Å². The molecule has 5 nitrogen and oxygen atoms in total. The second-order valence-electron chi connectivity index (χ2n) is 6.05. The number of carbonyl (C=O) groups excluding carboxylic acids is 1. The Kier molecular flexibility index (Phi) is 6.04. The molecule has 0 aliphatic carbocycles. The van der Waals surface area contributed by atoms with Crippen molar-refractivity contribution >= 4 is 17.7 Å². The molecule has 1 fully saturated rings. The van der Waals surface area contributed by atoms with Crippen molar-refractivity contribution in [3.8, 4) is 5.75 Å². The first-order valence-corrected chi connectivity index (χ1v) is 9.73. The zero-order valence-corrected chi connectivity index (χ0v) is 15.5. The Hall–Kier alpha value is -1.92. The minimum absolute atomic E-state index is 0.0675. The van der Waals surface area contributed by atoms with E-state index >= 15 is 0 Å². The van der Waals surface area contributed by atoms with Crippen LogP contribution in [0.2, 0.25) is 0 Å². The Morgan fingerprint density at radius 1 is 1.36 bits per heavy atom. The van der Waals surface area contributed by atoms with Crippen molar-refractivity contribution in [1.29, 1.82) is 0 Å². The predicted octanol–water partition coefficient (Wildman–Crippen LogP) is 3.58. The maximum absolute atomic E-state index is 12.7. The van der Waals surface area contributed by atoms with Gasteiger partial charge in [0.15, 0.2) is 0 Å². The first-order valence-electron chi connectivity index (χ1n) is 8.50. The number of hydrogen-bond acceptors (Lipinski definition) is 5. The van der Waals surface area contributed by atoms with Gasteiger partial charge in [-0.3, -0.25) is 9.69 Å². The molecule has 25 heavy (non-hydrogen) atoms. The average molecular weight is 360 g/mol. The molecule has 1 amide bonds. The molecule has 1 saturated heterocycles. The van der Waals surface area contributed by atoms with Crippen molar-refractivity contribution in [2.24, 2.45) is 0 Å². The number of amides is 1. The second-order valence-corrected chi connectivity index (χ2v) is 6.93. The summed E-state index contributed by atoms with van der Waals surface area (Å²) < 4.78 is 11.0. The number of ether oxygens (including phenoxy) is 1. The number of methoxy groups -OCH3 is 1. The Morgan fingerprint density at radius 2 is 2.16 bits per heavy atom. The first-order chi connectivity index (χ1) is 12.2. The van der Waals surface area contributed by atoms with Crippen molar-refractivity contribution < 1.29 is 13.9 Å². The highest BCUT2D eigenvalue weighted by Gasteiger charge is 2.26. The fourth-order valence-corrected chi connectivity index (χ4v) is 3.64. The number of furan rings is 1. The van der Waals surface area contributed by atoms with Crippen LogP contribution < -0.4 is 10.1 Å². The molecule has 134 valence electrons. The maximum Gasteiger partial charge on any atom is 0.255 e. The molecule has 1 aliphatic rings. The summed E-state index contributed by atoms with van der Waals surface area (Å²) >= 11 is 1.62. The molecule has 1 aromatic carbocycles. The molecule has 3 rings (SSSR count). The zero-order valence-electron chi connectivity index (χ0n) is 14.7. The lowest BCUT2D eigenvalue weighted by molar-refractivity contribution is 0.0930. The highest BCUT2D eigenvalue weighted by Crippen LogP contribution is 2.27. The topological polar surface area (TPSA) is 54.7 Å². The maximum atomic E-state index is 12.7. The second kappa shape index (κ2) is 8.45. The van der Waals surface area contributed by atoms with Gasteiger partial charge >= 0.3 is 0 Å². The average Bonchev–Trinajstić information content (AvgIpc) is 3.35. The molecule has 1 aliphatic heterocycles. The lowest BCUT2D eigenvalue weighted by Gasteiger charge is -2.26. The Balaban J connectivity index is 1.71. The van der Waals surface area contributed by atoms with Gasteiger partial charge in [-0.15, -0.1) is 11.8 Å². The molecule has 6 heteroatoms. The van der Waals surface area contributed by atoms with Crippen LogP contribution in [-0.4, -0.2) is 43.8 Å². The normalized spacial score (nSPS) is 15.9. The summed E-state index contributed by atoms with van der Waals surface area (Å²) in [5.41, 5.74) is 0.555. The van der Waals surface area contributed by atoms with Gasteiger partial charge in [-0.1, -0.05) is 0 Å². The molecule has 2 aromatic rings. The van der Waals surface area contributed by atoms with Gasteiger partial charge in [0, 0.05) is 11.4 Å². The number of nitrogens with one attached hydrogen (secondary N) is 1. The fraction of sp³-hybridized carbons (Fsp3) is 0.421. The molecular formula is C19H24N2O3S. The summed E-state index contributed by atoms with van der Waals surface area (Å²) in [7, 11) is 1.59. The monoisotopic (exact) mass is 360 g/mol. The molecule has 0 radical (unpaired) electrons. The molecule has 1 N–H and O–H groups in total. The van der Waals surface area contributed by atoms with Crippen LogP contribution in [0, 0.1) is 0 Å². The molecule has 1 atom stereocenters. The van der Waals surface area contributed by atoms with Crippen molar-refractivity contribution in [2.75, 3.05) is 33.0 Å². The van der Waals surface area contributed by atoms with Gasteiger partial charge in [0.2, 0.25) is 0 Å². The van der Waals surface area contributed by atoms with E-state index < -0.39 is 0 Å². The van der Waals surface area contributed by atoms with E-state index in [1.165, 1.54) is 12.8 Å².